The lowest BCUT2D eigenvalue weighted by Gasteiger charge is -2.27. The molecule has 0 aliphatic heterocycles. The van der Waals surface area contributed by atoms with Gasteiger partial charge in [0, 0.05) is 12.1 Å². The van der Waals surface area contributed by atoms with Crippen LogP contribution >= 0.6 is 0 Å². The molecule has 4 N–H and O–H groups in total. The highest BCUT2D eigenvalue weighted by Crippen LogP contribution is 2.46. The fraction of sp³-hybridized carbons (Fsp3) is 0.467. The molecule has 2 heterocycles. The van der Waals surface area contributed by atoms with Gasteiger partial charge in [0.25, 0.3) is 0 Å². The van der Waals surface area contributed by atoms with Crippen molar-refractivity contribution in [2.24, 2.45) is 5.92 Å². The Hall–Kier alpha value is -1.92. The first kappa shape index (κ1) is 12.8. The molecule has 6 nitrogen and oxygen atoms in total. The molecule has 0 amide bonds. The number of aliphatic hydroxyl groups excluding tert-OH is 2. The van der Waals surface area contributed by atoms with Gasteiger partial charge in [-0.15, -0.1) is 0 Å². The second-order valence-corrected chi connectivity index (χ2v) is 5.91. The van der Waals surface area contributed by atoms with Crippen molar-refractivity contribution < 1.29 is 10.2 Å². The zero-order valence-corrected chi connectivity index (χ0v) is 11.6. The van der Waals surface area contributed by atoms with Crippen LogP contribution in [0.2, 0.25) is 0 Å². The van der Waals surface area contributed by atoms with E-state index in [9.17, 15) is 10.2 Å². The third-order valence-corrected chi connectivity index (χ3v) is 4.78. The Labute approximate surface area is 121 Å². The summed E-state index contributed by atoms with van der Waals surface area (Å²) in [6.07, 6.45) is 6.78. The number of hydrogen-bond donors (Lipinski definition) is 3. The predicted octanol–water partition coefficient (Wildman–Crippen LogP) is 1.02. The van der Waals surface area contributed by atoms with Gasteiger partial charge in [-0.1, -0.05) is 6.08 Å². The maximum atomic E-state index is 10.3. The number of anilines is 1. The van der Waals surface area contributed by atoms with Crippen molar-refractivity contribution in [3.63, 3.8) is 0 Å². The molecule has 0 unspecified atom stereocenters. The summed E-state index contributed by atoms with van der Waals surface area (Å²) in [4.78, 5) is 8.33. The topological polar surface area (TPSA) is 97.2 Å². The number of aliphatic hydroxyl groups is 2. The van der Waals surface area contributed by atoms with Gasteiger partial charge in [0.1, 0.15) is 17.8 Å². The lowest BCUT2D eigenvalue weighted by atomic mass is 9.85. The summed E-state index contributed by atoms with van der Waals surface area (Å²) in [5.74, 6) is 0.312. The summed E-state index contributed by atoms with van der Waals surface area (Å²) in [7, 11) is 0. The number of nitrogen functional groups attached to an aromatic ring is 1. The SMILES string of the molecule is Nc1ncnc2c1ccn2[C@H]1C[C@H](O)[C@@H]2C1=CCC[C@H]2O. The van der Waals surface area contributed by atoms with E-state index in [2.05, 4.69) is 16.0 Å². The largest absolute Gasteiger partial charge is 0.392 e. The van der Waals surface area contributed by atoms with Crippen molar-refractivity contribution in [3.8, 4) is 0 Å². The number of aromatic nitrogens is 3. The molecule has 0 aromatic carbocycles. The summed E-state index contributed by atoms with van der Waals surface area (Å²) in [6.45, 7) is 0. The minimum absolute atomic E-state index is 0.0340. The van der Waals surface area contributed by atoms with Crippen LogP contribution in [0.1, 0.15) is 25.3 Å². The van der Waals surface area contributed by atoms with Crippen LogP contribution in [0, 0.1) is 5.92 Å². The maximum absolute atomic E-state index is 10.3. The van der Waals surface area contributed by atoms with Crippen LogP contribution in [0.25, 0.3) is 11.0 Å². The van der Waals surface area contributed by atoms with E-state index in [4.69, 9.17) is 5.73 Å². The Morgan fingerprint density at radius 2 is 2.10 bits per heavy atom. The van der Waals surface area contributed by atoms with Crippen LogP contribution < -0.4 is 5.73 Å². The molecule has 4 atom stereocenters. The molecule has 2 aromatic heterocycles. The second-order valence-electron chi connectivity index (χ2n) is 5.91. The average Bonchev–Trinajstić information content (AvgIpc) is 3.02. The zero-order valence-electron chi connectivity index (χ0n) is 11.6. The summed E-state index contributed by atoms with van der Waals surface area (Å²) in [5.41, 5.74) is 7.78. The summed E-state index contributed by atoms with van der Waals surface area (Å²) < 4.78 is 2.04. The van der Waals surface area contributed by atoms with Crippen molar-refractivity contribution in [3.05, 3.63) is 30.2 Å². The molecule has 0 saturated heterocycles. The van der Waals surface area contributed by atoms with Gasteiger partial charge in [-0.25, -0.2) is 9.97 Å². The number of nitrogens with zero attached hydrogens (tertiary/aromatic N) is 3. The zero-order chi connectivity index (χ0) is 14.6. The van der Waals surface area contributed by atoms with E-state index >= 15 is 0 Å². The third kappa shape index (κ3) is 1.79. The van der Waals surface area contributed by atoms with Gasteiger partial charge in [-0.2, -0.15) is 0 Å². The Bertz CT molecular complexity index is 724. The second kappa shape index (κ2) is 4.54. The number of hydrogen-bond acceptors (Lipinski definition) is 5. The van der Waals surface area contributed by atoms with E-state index in [-0.39, 0.29) is 12.0 Å². The third-order valence-electron chi connectivity index (χ3n) is 4.78. The van der Waals surface area contributed by atoms with Gasteiger partial charge >= 0.3 is 0 Å². The molecular weight excluding hydrogens is 268 g/mol. The number of nitrogens with two attached hydrogens (primary N) is 1. The number of allylic oxidation sites excluding steroid dienone is 1. The fourth-order valence-electron chi connectivity index (χ4n) is 3.82. The quantitative estimate of drug-likeness (QED) is 0.680. The van der Waals surface area contributed by atoms with Crippen LogP contribution in [0.5, 0.6) is 0 Å². The minimum atomic E-state index is -0.506. The summed E-state index contributed by atoms with van der Waals surface area (Å²) in [6, 6.07) is 1.94. The maximum Gasteiger partial charge on any atom is 0.146 e. The van der Waals surface area contributed by atoms with Crippen molar-refractivity contribution in [2.75, 3.05) is 5.73 Å². The van der Waals surface area contributed by atoms with E-state index in [0.717, 1.165) is 29.4 Å². The van der Waals surface area contributed by atoms with Gasteiger partial charge < -0.3 is 20.5 Å². The predicted molar refractivity (Wildman–Crippen MR) is 78.4 cm³/mol. The standard InChI is InChI=1S/C15H18N4O2/c16-14-9-4-5-19(15(9)18-7-17-14)10-6-12(21)13-8(10)2-1-3-11(13)20/h2,4-5,7,10-13,20-21H,1,3,6H2,(H2,16,17,18)/t10-,11+,12-,13+/m0/s1. The van der Waals surface area contributed by atoms with Crippen LogP contribution in [-0.2, 0) is 0 Å². The molecule has 2 aliphatic carbocycles. The van der Waals surface area contributed by atoms with Crippen LogP contribution in [0.3, 0.4) is 0 Å². The molecule has 0 radical (unpaired) electrons. The van der Waals surface area contributed by atoms with Gasteiger partial charge in [0.15, 0.2) is 0 Å². The molecular formula is C15H18N4O2. The van der Waals surface area contributed by atoms with Crippen LogP contribution in [-0.4, -0.2) is 37.0 Å². The molecule has 2 aliphatic rings. The lowest BCUT2D eigenvalue weighted by molar-refractivity contribution is 0.0373. The molecule has 0 bridgehead atoms. The molecule has 4 rings (SSSR count). The molecule has 1 fully saturated rings. The Morgan fingerprint density at radius 1 is 1.24 bits per heavy atom. The summed E-state index contributed by atoms with van der Waals surface area (Å²) in [5, 5.41) is 21.3. The molecule has 0 spiro atoms. The normalized spacial score (nSPS) is 32.2. The Balaban J connectivity index is 1.82. The van der Waals surface area contributed by atoms with E-state index in [1.165, 1.54) is 6.33 Å². The van der Waals surface area contributed by atoms with Gasteiger partial charge in [0.2, 0.25) is 0 Å². The first-order chi connectivity index (χ1) is 10.2. The van der Waals surface area contributed by atoms with Gasteiger partial charge in [0.05, 0.1) is 23.6 Å². The van der Waals surface area contributed by atoms with Crippen molar-refractivity contribution in [1.29, 1.82) is 0 Å². The first-order valence-corrected chi connectivity index (χ1v) is 7.30. The van der Waals surface area contributed by atoms with E-state index in [0.29, 0.717) is 12.2 Å². The van der Waals surface area contributed by atoms with Crippen molar-refractivity contribution in [1.82, 2.24) is 14.5 Å². The molecule has 110 valence electrons. The van der Waals surface area contributed by atoms with Crippen LogP contribution in [0.4, 0.5) is 5.82 Å². The first-order valence-electron chi connectivity index (χ1n) is 7.30. The number of fused-ring (bicyclic) bond motifs is 2. The minimum Gasteiger partial charge on any atom is -0.392 e. The molecule has 6 heteroatoms. The van der Waals surface area contributed by atoms with E-state index < -0.39 is 12.2 Å². The summed E-state index contributed by atoms with van der Waals surface area (Å²) >= 11 is 0. The molecule has 21 heavy (non-hydrogen) atoms. The lowest BCUT2D eigenvalue weighted by Crippen LogP contribution is -2.30. The highest BCUT2D eigenvalue weighted by molar-refractivity contribution is 5.86. The highest BCUT2D eigenvalue weighted by atomic mass is 16.3. The van der Waals surface area contributed by atoms with Crippen LogP contribution in [0.15, 0.2) is 30.2 Å². The molecule has 2 aromatic rings. The molecule has 1 saturated carbocycles. The Kier molecular flexibility index (Phi) is 2.77. The monoisotopic (exact) mass is 286 g/mol. The highest BCUT2D eigenvalue weighted by Gasteiger charge is 2.43. The van der Waals surface area contributed by atoms with Gasteiger partial charge in [-0.3, -0.25) is 0 Å². The Morgan fingerprint density at radius 3 is 2.95 bits per heavy atom. The smallest absolute Gasteiger partial charge is 0.146 e. The van der Waals surface area contributed by atoms with E-state index in [1.807, 2.05) is 16.8 Å². The number of rotatable bonds is 1. The van der Waals surface area contributed by atoms with Gasteiger partial charge in [-0.05, 0) is 30.9 Å². The van der Waals surface area contributed by atoms with Crippen molar-refractivity contribution in [2.45, 2.75) is 37.5 Å². The average molecular weight is 286 g/mol. The van der Waals surface area contributed by atoms with E-state index in [1.54, 1.807) is 0 Å². The van der Waals surface area contributed by atoms with Crippen molar-refractivity contribution >= 4 is 16.9 Å². The fourth-order valence-corrected chi connectivity index (χ4v) is 3.82.